The molecule has 162 valence electrons. The molecule has 7 heteroatoms. The van der Waals surface area contributed by atoms with E-state index in [2.05, 4.69) is 5.32 Å². The lowest BCUT2D eigenvalue weighted by Gasteiger charge is -2.33. The minimum absolute atomic E-state index is 0.116. The van der Waals surface area contributed by atoms with Gasteiger partial charge in [0.25, 0.3) is 0 Å². The Morgan fingerprint density at radius 1 is 1.20 bits per heavy atom. The molecule has 0 saturated heterocycles. The molecule has 0 spiro atoms. The summed E-state index contributed by atoms with van der Waals surface area (Å²) in [6.45, 7) is 0.587. The van der Waals surface area contributed by atoms with Crippen molar-refractivity contribution in [1.29, 1.82) is 0 Å². The minimum atomic E-state index is -0.825. The van der Waals surface area contributed by atoms with Crippen LogP contribution in [0.25, 0.3) is 0 Å². The Morgan fingerprint density at radius 2 is 1.93 bits per heavy atom. The van der Waals surface area contributed by atoms with Gasteiger partial charge in [0.2, 0.25) is 11.8 Å². The Hall–Kier alpha value is -2.25. The van der Waals surface area contributed by atoms with Crippen LogP contribution in [0.15, 0.2) is 41.1 Å². The van der Waals surface area contributed by atoms with Crippen molar-refractivity contribution in [3.8, 4) is 0 Å². The van der Waals surface area contributed by atoms with Crippen molar-refractivity contribution in [3.05, 3.63) is 58.0 Å². The van der Waals surface area contributed by atoms with Crippen LogP contribution < -0.4 is 5.32 Å². The number of rotatable bonds is 9. The third-order valence-corrected chi connectivity index (χ3v) is 6.22. The number of thiophene rings is 1. The normalized spacial score (nSPS) is 15.5. The molecule has 1 N–H and O–H groups in total. The summed E-state index contributed by atoms with van der Waals surface area (Å²) in [5.74, 6) is -0.750. The molecule has 5 nitrogen and oxygen atoms in total. The van der Waals surface area contributed by atoms with Gasteiger partial charge in [0, 0.05) is 19.7 Å². The second kappa shape index (κ2) is 11.2. The summed E-state index contributed by atoms with van der Waals surface area (Å²) in [6, 6.07) is 7.02. The van der Waals surface area contributed by atoms with E-state index in [1.165, 1.54) is 29.9 Å². The van der Waals surface area contributed by atoms with Gasteiger partial charge < -0.3 is 15.0 Å². The maximum atomic E-state index is 13.5. The van der Waals surface area contributed by atoms with Gasteiger partial charge in [0.05, 0.1) is 13.0 Å². The number of ether oxygens (including phenoxy) is 1. The van der Waals surface area contributed by atoms with Gasteiger partial charge in [0.15, 0.2) is 0 Å². The fourth-order valence-corrected chi connectivity index (χ4v) is 4.57. The average Bonchev–Trinajstić information content (AvgIpc) is 3.25. The number of nitrogens with zero attached hydrogens (tertiary/aromatic N) is 1. The average molecular weight is 433 g/mol. The van der Waals surface area contributed by atoms with E-state index in [9.17, 15) is 14.0 Å². The molecule has 2 amide bonds. The fraction of sp³-hybridized carbons (Fsp3) is 0.478. The number of halogens is 1. The summed E-state index contributed by atoms with van der Waals surface area (Å²) in [7, 11) is 1.57. The Kier molecular flexibility index (Phi) is 8.39. The van der Waals surface area contributed by atoms with E-state index < -0.39 is 6.04 Å². The lowest BCUT2D eigenvalue weighted by atomic mass is 9.94. The number of benzene rings is 1. The van der Waals surface area contributed by atoms with Crippen LogP contribution in [0.2, 0.25) is 0 Å². The quantitative estimate of drug-likeness (QED) is 0.649. The maximum absolute atomic E-state index is 13.5. The van der Waals surface area contributed by atoms with E-state index in [4.69, 9.17) is 4.74 Å². The molecule has 0 radical (unpaired) electrons. The van der Waals surface area contributed by atoms with Crippen LogP contribution >= 0.6 is 11.3 Å². The first-order chi connectivity index (χ1) is 14.6. The van der Waals surface area contributed by atoms with Crippen molar-refractivity contribution in [2.75, 3.05) is 20.3 Å². The van der Waals surface area contributed by atoms with Crippen LogP contribution in [0, 0.1) is 5.82 Å². The van der Waals surface area contributed by atoms with Gasteiger partial charge in [-0.1, -0.05) is 31.4 Å². The van der Waals surface area contributed by atoms with Gasteiger partial charge in [-0.15, -0.1) is 0 Å². The summed E-state index contributed by atoms with van der Waals surface area (Å²) >= 11 is 1.53. The summed E-state index contributed by atoms with van der Waals surface area (Å²) in [5, 5.41) is 7.00. The number of methoxy groups -OCH3 is 1. The monoisotopic (exact) mass is 432 g/mol. The molecule has 1 aromatic carbocycles. The fourth-order valence-electron chi connectivity index (χ4n) is 3.90. The molecule has 1 aliphatic carbocycles. The predicted octanol–water partition coefficient (Wildman–Crippen LogP) is 4.09. The van der Waals surface area contributed by atoms with Gasteiger partial charge in [0.1, 0.15) is 11.9 Å². The summed E-state index contributed by atoms with van der Waals surface area (Å²) in [6.07, 6.45) is 5.48. The highest BCUT2D eigenvalue weighted by atomic mass is 32.1. The van der Waals surface area contributed by atoms with Crippen LogP contribution in [-0.4, -0.2) is 43.0 Å². The highest BCUT2D eigenvalue weighted by Gasteiger charge is 2.32. The van der Waals surface area contributed by atoms with Crippen molar-refractivity contribution in [1.82, 2.24) is 10.2 Å². The largest absolute Gasteiger partial charge is 0.383 e. The number of amides is 2. The molecule has 1 heterocycles. The van der Waals surface area contributed by atoms with E-state index >= 15 is 0 Å². The number of carbonyl (C=O) groups excluding carboxylic acids is 2. The first-order valence-electron chi connectivity index (χ1n) is 10.4. The predicted molar refractivity (Wildman–Crippen MR) is 116 cm³/mol. The molecule has 1 fully saturated rings. The Bertz CT molecular complexity index is 804. The second-order valence-corrected chi connectivity index (χ2v) is 8.47. The highest BCUT2D eigenvalue weighted by Crippen LogP contribution is 2.25. The second-order valence-electron chi connectivity index (χ2n) is 7.69. The lowest BCUT2D eigenvalue weighted by molar-refractivity contribution is -0.141. The van der Waals surface area contributed by atoms with Gasteiger partial charge in [-0.05, 0) is 52.9 Å². The first kappa shape index (κ1) is 22.4. The molecule has 0 aliphatic heterocycles. The SMILES string of the molecule is COCCN(C(=O)Cc1ccsc1)[C@@H](C(=O)NC1CCCCC1)c1ccc(F)cc1. The molecule has 1 aromatic heterocycles. The number of hydrogen-bond acceptors (Lipinski definition) is 4. The van der Waals surface area contributed by atoms with Crippen LogP contribution in [0.1, 0.15) is 49.3 Å². The molecule has 1 atom stereocenters. The van der Waals surface area contributed by atoms with E-state index in [0.29, 0.717) is 12.2 Å². The lowest BCUT2D eigenvalue weighted by Crippen LogP contribution is -2.48. The van der Waals surface area contributed by atoms with Gasteiger partial charge in [-0.25, -0.2) is 4.39 Å². The van der Waals surface area contributed by atoms with Crippen LogP contribution in [-0.2, 0) is 20.7 Å². The van der Waals surface area contributed by atoms with Gasteiger partial charge in [-0.3, -0.25) is 9.59 Å². The molecule has 0 bridgehead atoms. The Labute approximate surface area is 181 Å². The topological polar surface area (TPSA) is 58.6 Å². The van der Waals surface area contributed by atoms with Crippen LogP contribution in [0.3, 0.4) is 0 Å². The third kappa shape index (κ3) is 6.12. The van der Waals surface area contributed by atoms with Crippen LogP contribution in [0.5, 0.6) is 0 Å². The Morgan fingerprint density at radius 3 is 2.57 bits per heavy atom. The number of nitrogens with one attached hydrogen (secondary N) is 1. The molecule has 2 aromatic rings. The standard InChI is InChI=1S/C23H29FN2O3S/c1-29-13-12-26(21(27)15-17-11-14-30-16-17)22(18-7-9-19(24)10-8-18)23(28)25-20-5-3-2-4-6-20/h7-11,14,16,20,22H,2-6,12-13,15H2,1H3,(H,25,28)/t22-/m1/s1. The first-order valence-corrected chi connectivity index (χ1v) is 11.4. The third-order valence-electron chi connectivity index (χ3n) is 5.49. The van der Waals surface area contributed by atoms with E-state index in [-0.39, 0.29) is 36.6 Å². The maximum Gasteiger partial charge on any atom is 0.247 e. The smallest absolute Gasteiger partial charge is 0.247 e. The van der Waals surface area contributed by atoms with Crippen molar-refractivity contribution in [2.24, 2.45) is 0 Å². The summed E-state index contributed by atoms with van der Waals surface area (Å²) < 4.78 is 18.7. The van der Waals surface area contributed by atoms with Gasteiger partial charge >= 0.3 is 0 Å². The van der Waals surface area contributed by atoms with E-state index in [0.717, 1.165) is 31.2 Å². The van der Waals surface area contributed by atoms with Gasteiger partial charge in [-0.2, -0.15) is 11.3 Å². The zero-order valence-electron chi connectivity index (χ0n) is 17.3. The molecule has 0 unspecified atom stereocenters. The van der Waals surface area contributed by atoms with Crippen molar-refractivity contribution < 1.29 is 18.7 Å². The van der Waals surface area contributed by atoms with Crippen molar-refractivity contribution in [3.63, 3.8) is 0 Å². The Balaban J connectivity index is 1.87. The van der Waals surface area contributed by atoms with E-state index in [1.807, 2.05) is 16.8 Å². The van der Waals surface area contributed by atoms with Crippen LogP contribution in [0.4, 0.5) is 4.39 Å². The zero-order chi connectivity index (χ0) is 21.3. The minimum Gasteiger partial charge on any atom is -0.383 e. The zero-order valence-corrected chi connectivity index (χ0v) is 18.1. The summed E-state index contributed by atoms with van der Waals surface area (Å²) in [4.78, 5) is 28.1. The molecular weight excluding hydrogens is 403 g/mol. The van der Waals surface area contributed by atoms with Crippen molar-refractivity contribution in [2.45, 2.75) is 50.6 Å². The molecular formula is C23H29FN2O3S. The van der Waals surface area contributed by atoms with Crippen molar-refractivity contribution >= 4 is 23.2 Å². The molecule has 1 aliphatic rings. The molecule has 30 heavy (non-hydrogen) atoms. The van der Waals surface area contributed by atoms with E-state index in [1.54, 1.807) is 24.1 Å². The summed E-state index contributed by atoms with van der Waals surface area (Å²) in [5.41, 5.74) is 1.51. The number of carbonyl (C=O) groups is 2. The number of hydrogen-bond donors (Lipinski definition) is 1. The molecule has 1 saturated carbocycles. The molecule has 3 rings (SSSR count). The highest BCUT2D eigenvalue weighted by molar-refractivity contribution is 7.08.